The molecule has 1 aromatic carbocycles. The number of aliphatic imine (C=N–C) groups is 1. The molecule has 0 radical (unpaired) electrons. The highest BCUT2D eigenvalue weighted by atomic mass is 16.6. The second kappa shape index (κ2) is 7.18. The molecule has 128 valence electrons. The third-order valence-corrected chi connectivity index (χ3v) is 4.39. The van der Waals surface area contributed by atoms with Gasteiger partial charge in [-0.1, -0.05) is 19.9 Å². The molecule has 1 aromatic rings. The molecule has 0 atom stereocenters. The van der Waals surface area contributed by atoms with Crippen molar-refractivity contribution in [1.82, 2.24) is 0 Å². The minimum absolute atomic E-state index is 0.177. The van der Waals surface area contributed by atoms with E-state index in [1.807, 2.05) is 18.2 Å². The van der Waals surface area contributed by atoms with Gasteiger partial charge in [0.05, 0.1) is 7.11 Å². The van der Waals surface area contributed by atoms with Crippen LogP contribution in [0.1, 0.15) is 43.7 Å². The van der Waals surface area contributed by atoms with Crippen molar-refractivity contribution in [2.75, 3.05) is 20.3 Å². The van der Waals surface area contributed by atoms with E-state index in [9.17, 15) is 4.79 Å². The molecule has 0 bridgehead atoms. The monoisotopic (exact) mass is 329 g/mol. The SMILES string of the molecule is COc1ccc(/C=C2/N=C(C3CCOCC3)OC2=O)cc1C(C)C. The molecule has 2 aliphatic rings. The van der Waals surface area contributed by atoms with Gasteiger partial charge in [-0.15, -0.1) is 0 Å². The van der Waals surface area contributed by atoms with Gasteiger partial charge in [0, 0.05) is 19.1 Å². The van der Waals surface area contributed by atoms with Crippen LogP contribution in [0.25, 0.3) is 6.08 Å². The molecule has 1 saturated heterocycles. The van der Waals surface area contributed by atoms with E-state index in [-0.39, 0.29) is 11.9 Å². The Labute approximate surface area is 142 Å². The third-order valence-electron chi connectivity index (χ3n) is 4.39. The van der Waals surface area contributed by atoms with Gasteiger partial charge >= 0.3 is 5.97 Å². The number of esters is 1. The van der Waals surface area contributed by atoms with Crippen molar-refractivity contribution < 1.29 is 19.0 Å². The number of carbonyl (C=O) groups is 1. The Kier molecular flexibility index (Phi) is 5.00. The van der Waals surface area contributed by atoms with E-state index < -0.39 is 0 Å². The number of methoxy groups -OCH3 is 1. The summed E-state index contributed by atoms with van der Waals surface area (Å²) in [5.74, 6) is 1.52. The van der Waals surface area contributed by atoms with Gasteiger partial charge in [0.15, 0.2) is 5.70 Å². The normalized spacial score (nSPS) is 20.4. The minimum atomic E-state index is -0.376. The summed E-state index contributed by atoms with van der Waals surface area (Å²) < 4.78 is 16.1. The van der Waals surface area contributed by atoms with E-state index in [0.29, 0.717) is 30.7 Å². The number of benzene rings is 1. The number of ether oxygens (including phenoxy) is 3. The molecule has 2 aliphatic heterocycles. The Bertz CT molecular complexity index is 685. The van der Waals surface area contributed by atoms with Crippen LogP contribution < -0.4 is 4.74 Å². The van der Waals surface area contributed by atoms with Gasteiger partial charge in [0.1, 0.15) is 5.75 Å². The molecule has 0 aromatic heterocycles. The van der Waals surface area contributed by atoms with Crippen LogP contribution in [0.5, 0.6) is 5.75 Å². The molecule has 24 heavy (non-hydrogen) atoms. The van der Waals surface area contributed by atoms with Crippen LogP contribution in [-0.2, 0) is 14.3 Å². The topological polar surface area (TPSA) is 57.1 Å². The zero-order valence-electron chi connectivity index (χ0n) is 14.4. The standard InChI is InChI=1S/C19H23NO4/c1-12(2)15-10-13(4-5-17(15)22-3)11-16-19(21)24-18(20-16)14-6-8-23-9-7-14/h4-5,10-12,14H,6-9H2,1-3H3/b16-11+. The molecule has 0 N–H and O–H groups in total. The minimum Gasteiger partial charge on any atom is -0.496 e. The van der Waals surface area contributed by atoms with E-state index in [0.717, 1.165) is 29.7 Å². The summed E-state index contributed by atoms with van der Waals surface area (Å²) in [6, 6.07) is 5.88. The summed E-state index contributed by atoms with van der Waals surface area (Å²) >= 11 is 0. The van der Waals surface area contributed by atoms with E-state index >= 15 is 0 Å². The lowest BCUT2D eigenvalue weighted by molar-refractivity contribution is -0.130. The van der Waals surface area contributed by atoms with E-state index in [4.69, 9.17) is 14.2 Å². The molecule has 3 rings (SSSR count). The fourth-order valence-corrected chi connectivity index (χ4v) is 3.00. The van der Waals surface area contributed by atoms with Gasteiger partial charge in [-0.05, 0) is 48.1 Å². The number of rotatable bonds is 4. The van der Waals surface area contributed by atoms with Crippen molar-refractivity contribution >= 4 is 17.9 Å². The first-order valence-electron chi connectivity index (χ1n) is 8.36. The Balaban J connectivity index is 1.86. The number of carbonyl (C=O) groups excluding carboxylic acids is 1. The van der Waals surface area contributed by atoms with Crippen LogP contribution in [0.15, 0.2) is 28.9 Å². The molecule has 1 fully saturated rings. The molecule has 0 aliphatic carbocycles. The van der Waals surface area contributed by atoms with Crippen LogP contribution in [0.4, 0.5) is 0 Å². The van der Waals surface area contributed by atoms with Crippen LogP contribution >= 0.6 is 0 Å². The first-order valence-corrected chi connectivity index (χ1v) is 8.36. The van der Waals surface area contributed by atoms with Gasteiger partial charge < -0.3 is 14.2 Å². The Morgan fingerprint density at radius 3 is 2.71 bits per heavy atom. The molecule has 2 heterocycles. The lowest BCUT2D eigenvalue weighted by Crippen LogP contribution is -2.24. The lowest BCUT2D eigenvalue weighted by Gasteiger charge is -2.20. The maximum absolute atomic E-state index is 12.1. The van der Waals surface area contributed by atoms with Crippen molar-refractivity contribution in [3.05, 3.63) is 35.0 Å². The molecule has 0 amide bonds. The fourth-order valence-electron chi connectivity index (χ4n) is 3.00. The maximum atomic E-state index is 12.1. The first-order chi connectivity index (χ1) is 11.6. The summed E-state index contributed by atoms with van der Waals surface area (Å²) in [4.78, 5) is 16.5. The zero-order valence-corrected chi connectivity index (χ0v) is 14.4. The number of hydrogen-bond acceptors (Lipinski definition) is 5. The van der Waals surface area contributed by atoms with Crippen molar-refractivity contribution in [3.63, 3.8) is 0 Å². The van der Waals surface area contributed by atoms with Crippen molar-refractivity contribution in [2.45, 2.75) is 32.6 Å². The number of cyclic esters (lactones) is 1. The third kappa shape index (κ3) is 3.51. The van der Waals surface area contributed by atoms with Crippen molar-refractivity contribution in [2.24, 2.45) is 10.9 Å². The number of nitrogens with zero attached hydrogens (tertiary/aromatic N) is 1. The van der Waals surface area contributed by atoms with E-state index in [2.05, 4.69) is 18.8 Å². The smallest absolute Gasteiger partial charge is 0.363 e. The molecular weight excluding hydrogens is 306 g/mol. The average molecular weight is 329 g/mol. The summed E-state index contributed by atoms with van der Waals surface area (Å²) in [7, 11) is 1.66. The van der Waals surface area contributed by atoms with Gasteiger partial charge in [-0.25, -0.2) is 9.79 Å². The van der Waals surface area contributed by atoms with Crippen molar-refractivity contribution in [3.8, 4) is 5.75 Å². The molecule has 0 spiro atoms. The van der Waals surface area contributed by atoms with Gasteiger partial charge in [0.25, 0.3) is 0 Å². The second-order valence-electron chi connectivity index (χ2n) is 6.41. The number of hydrogen-bond donors (Lipinski definition) is 0. The second-order valence-corrected chi connectivity index (χ2v) is 6.41. The predicted molar refractivity (Wildman–Crippen MR) is 92.1 cm³/mol. The van der Waals surface area contributed by atoms with Crippen LogP contribution in [0, 0.1) is 5.92 Å². The lowest BCUT2D eigenvalue weighted by atomic mass is 9.99. The molecule has 0 saturated carbocycles. The summed E-state index contributed by atoms with van der Waals surface area (Å²) in [5, 5.41) is 0. The van der Waals surface area contributed by atoms with Crippen LogP contribution in [0.3, 0.4) is 0 Å². The summed E-state index contributed by atoms with van der Waals surface area (Å²) in [6.07, 6.45) is 3.47. The highest BCUT2D eigenvalue weighted by Gasteiger charge is 2.30. The average Bonchev–Trinajstić information content (AvgIpc) is 2.96. The molecule has 0 unspecified atom stereocenters. The maximum Gasteiger partial charge on any atom is 0.363 e. The van der Waals surface area contributed by atoms with Gasteiger partial charge in [0.2, 0.25) is 5.90 Å². The predicted octanol–water partition coefficient (Wildman–Crippen LogP) is 3.54. The highest BCUT2D eigenvalue weighted by Crippen LogP contribution is 2.29. The van der Waals surface area contributed by atoms with Gasteiger partial charge in [-0.3, -0.25) is 0 Å². The highest BCUT2D eigenvalue weighted by molar-refractivity contribution is 6.07. The summed E-state index contributed by atoms with van der Waals surface area (Å²) in [5.41, 5.74) is 2.38. The van der Waals surface area contributed by atoms with Crippen LogP contribution in [0.2, 0.25) is 0 Å². The molecular formula is C19H23NO4. The van der Waals surface area contributed by atoms with Gasteiger partial charge in [-0.2, -0.15) is 0 Å². The summed E-state index contributed by atoms with van der Waals surface area (Å²) in [6.45, 7) is 5.60. The van der Waals surface area contributed by atoms with E-state index in [1.54, 1.807) is 13.2 Å². The Hall–Kier alpha value is -2.14. The van der Waals surface area contributed by atoms with E-state index in [1.165, 1.54) is 0 Å². The van der Waals surface area contributed by atoms with Crippen molar-refractivity contribution in [1.29, 1.82) is 0 Å². The Morgan fingerprint density at radius 2 is 2.04 bits per heavy atom. The zero-order chi connectivity index (χ0) is 17.1. The first kappa shape index (κ1) is 16.7. The van der Waals surface area contributed by atoms with Crippen LogP contribution in [-0.4, -0.2) is 32.2 Å². The molecule has 5 nitrogen and oxygen atoms in total. The fraction of sp³-hybridized carbons (Fsp3) is 0.474. The molecule has 5 heteroatoms. The Morgan fingerprint density at radius 1 is 1.29 bits per heavy atom. The largest absolute Gasteiger partial charge is 0.496 e. The quantitative estimate of drug-likeness (QED) is 0.626.